The minimum Gasteiger partial charge on any atom is -0.246 e. The van der Waals surface area contributed by atoms with E-state index in [1.165, 1.54) is 12.3 Å². The van der Waals surface area contributed by atoms with Gasteiger partial charge in [0, 0.05) is 0 Å². The van der Waals surface area contributed by atoms with Gasteiger partial charge in [0.15, 0.2) is 0 Å². The van der Waals surface area contributed by atoms with Crippen molar-refractivity contribution in [3.63, 3.8) is 0 Å². The molecule has 8 heteroatoms. The van der Waals surface area contributed by atoms with Crippen LogP contribution in [0, 0.1) is 0 Å². The summed E-state index contributed by atoms with van der Waals surface area (Å²) in [6, 6.07) is 1.40. The molecule has 0 amide bonds. The molecule has 0 spiro atoms. The molecule has 0 unspecified atom stereocenters. The lowest BCUT2D eigenvalue weighted by atomic mass is 10.8. The SMILES string of the molecule is O=S(=O)(OF)On1cccn1. The smallest absolute Gasteiger partial charge is 0.246 e. The molecule has 0 aliphatic rings. The fourth-order valence-electron chi connectivity index (χ4n) is 0.404. The third-order valence-corrected chi connectivity index (χ3v) is 1.21. The van der Waals surface area contributed by atoms with Crippen LogP contribution in [0.25, 0.3) is 0 Å². The second kappa shape index (κ2) is 2.84. The number of hydrogen-bond acceptors (Lipinski definition) is 5. The van der Waals surface area contributed by atoms with Crippen LogP contribution in [-0.4, -0.2) is 18.4 Å². The van der Waals surface area contributed by atoms with Gasteiger partial charge in [-0.2, -0.15) is 8.42 Å². The topological polar surface area (TPSA) is 70.4 Å². The van der Waals surface area contributed by atoms with Crippen LogP contribution in [0.15, 0.2) is 18.5 Å². The molecule has 0 aliphatic heterocycles. The maximum atomic E-state index is 11.1. The van der Waals surface area contributed by atoms with E-state index in [0.717, 1.165) is 6.20 Å². The molecule has 0 atom stereocenters. The summed E-state index contributed by atoms with van der Waals surface area (Å²) in [5.74, 6) is 0. The quantitative estimate of drug-likeness (QED) is 0.627. The molecule has 0 aromatic carbocycles. The Labute approximate surface area is 61.3 Å². The van der Waals surface area contributed by atoms with Gasteiger partial charge in [-0.15, -0.1) is 5.10 Å². The average Bonchev–Trinajstić information content (AvgIpc) is 2.39. The molecule has 1 heterocycles. The van der Waals surface area contributed by atoms with E-state index in [1.807, 2.05) is 0 Å². The molecule has 1 aromatic rings. The van der Waals surface area contributed by atoms with Gasteiger partial charge in [0.1, 0.15) is 0 Å². The largest absolute Gasteiger partial charge is 0.501 e. The monoisotopic (exact) mass is 182 g/mol. The van der Waals surface area contributed by atoms with Crippen molar-refractivity contribution in [3.05, 3.63) is 18.5 Å². The predicted octanol–water partition coefficient (Wildman–Crippen LogP) is -0.542. The minimum absolute atomic E-state index is 0.537. The molecule has 0 aliphatic carbocycles. The van der Waals surface area contributed by atoms with Crippen LogP contribution in [0.2, 0.25) is 0 Å². The van der Waals surface area contributed by atoms with Crippen LogP contribution in [-0.2, 0) is 14.8 Å². The maximum absolute atomic E-state index is 11.1. The van der Waals surface area contributed by atoms with E-state index in [9.17, 15) is 12.9 Å². The van der Waals surface area contributed by atoms with Gasteiger partial charge >= 0.3 is 10.4 Å². The standard InChI is InChI=1S/C3H3FN2O4S/c4-9-11(7,8)10-6-3-1-2-5-6/h1-3H. The predicted molar refractivity (Wildman–Crippen MR) is 29.9 cm³/mol. The van der Waals surface area contributed by atoms with Gasteiger partial charge in [-0.25, -0.2) is 4.28 Å². The molecule has 0 fully saturated rings. The Morgan fingerprint density at radius 3 is 2.73 bits per heavy atom. The van der Waals surface area contributed by atoms with Crippen molar-refractivity contribution < 1.29 is 21.6 Å². The summed E-state index contributed by atoms with van der Waals surface area (Å²) in [5.41, 5.74) is 0. The molecule has 0 saturated heterocycles. The summed E-state index contributed by atoms with van der Waals surface area (Å²) in [4.78, 5) is 0.537. The van der Waals surface area contributed by atoms with Crippen LogP contribution >= 0.6 is 0 Å². The Balaban J connectivity index is 2.72. The van der Waals surface area contributed by atoms with Gasteiger partial charge in [-0.3, -0.25) is 0 Å². The molecular formula is C3H3FN2O4S. The summed E-state index contributed by atoms with van der Waals surface area (Å²) in [6.07, 6.45) is 2.42. The second-order valence-electron chi connectivity index (χ2n) is 1.45. The van der Waals surface area contributed by atoms with Crippen molar-refractivity contribution >= 4 is 10.4 Å². The first-order chi connectivity index (χ1) is 5.14. The first kappa shape index (κ1) is 7.95. The van der Waals surface area contributed by atoms with E-state index in [4.69, 9.17) is 0 Å². The van der Waals surface area contributed by atoms with Crippen LogP contribution in [0.5, 0.6) is 0 Å². The summed E-state index contributed by atoms with van der Waals surface area (Å²) < 4.78 is 37.9. The fourth-order valence-corrected chi connectivity index (χ4v) is 0.702. The zero-order valence-electron chi connectivity index (χ0n) is 5.05. The Kier molecular flexibility index (Phi) is 2.06. The molecule has 0 radical (unpaired) electrons. The normalized spacial score (nSPS) is 11.4. The van der Waals surface area contributed by atoms with Crippen LogP contribution in [0.1, 0.15) is 0 Å². The molecule has 0 bridgehead atoms. The highest BCUT2D eigenvalue weighted by Gasteiger charge is 2.13. The summed E-state index contributed by atoms with van der Waals surface area (Å²) >= 11 is 0. The van der Waals surface area contributed by atoms with E-state index >= 15 is 0 Å². The van der Waals surface area contributed by atoms with Gasteiger partial charge < -0.3 is 0 Å². The molecule has 11 heavy (non-hydrogen) atoms. The van der Waals surface area contributed by atoms with E-state index in [-0.39, 0.29) is 0 Å². The van der Waals surface area contributed by atoms with Crippen molar-refractivity contribution in [1.29, 1.82) is 0 Å². The molecule has 1 rings (SSSR count). The third-order valence-electron chi connectivity index (χ3n) is 0.725. The Morgan fingerprint density at radius 1 is 1.55 bits per heavy atom. The first-order valence-corrected chi connectivity index (χ1v) is 3.72. The summed E-state index contributed by atoms with van der Waals surface area (Å²) in [6.45, 7) is 0. The first-order valence-electron chi connectivity index (χ1n) is 2.39. The summed E-state index contributed by atoms with van der Waals surface area (Å²) in [5, 5.41) is 3.32. The average molecular weight is 182 g/mol. The van der Waals surface area contributed by atoms with Gasteiger partial charge in [-0.1, -0.05) is 4.85 Å². The highest BCUT2D eigenvalue weighted by atomic mass is 32.3. The lowest BCUT2D eigenvalue weighted by Crippen LogP contribution is -2.20. The van der Waals surface area contributed by atoms with Gasteiger partial charge in [0.2, 0.25) is 0 Å². The van der Waals surface area contributed by atoms with Gasteiger partial charge in [-0.05, 0) is 15.0 Å². The molecule has 62 valence electrons. The molecule has 0 N–H and O–H groups in total. The Hall–Kier alpha value is -1.15. The lowest BCUT2D eigenvalue weighted by molar-refractivity contribution is -0.0215. The van der Waals surface area contributed by atoms with E-state index in [1.54, 1.807) is 0 Å². The zero-order valence-corrected chi connectivity index (χ0v) is 5.86. The number of nitrogens with zero attached hydrogens (tertiary/aromatic N) is 2. The number of hydrogen-bond donors (Lipinski definition) is 0. The Morgan fingerprint density at radius 2 is 2.27 bits per heavy atom. The van der Waals surface area contributed by atoms with Crippen molar-refractivity contribution in [1.82, 2.24) is 9.94 Å². The maximum Gasteiger partial charge on any atom is 0.501 e. The van der Waals surface area contributed by atoms with E-state index in [2.05, 4.69) is 13.8 Å². The van der Waals surface area contributed by atoms with E-state index in [0.29, 0.717) is 4.85 Å². The molecule has 0 saturated carbocycles. The van der Waals surface area contributed by atoms with Crippen LogP contribution < -0.4 is 4.28 Å². The molecule has 1 aromatic heterocycles. The number of halogens is 1. The van der Waals surface area contributed by atoms with E-state index < -0.39 is 10.4 Å². The number of aromatic nitrogens is 2. The van der Waals surface area contributed by atoms with Crippen LogP contribution in [0.3, 0.4) is 0 Å². The van der Waals surface area contributed by atoms with Gasteiger partial charge in [0.05, 0.1) is 12.4 Å². The van der Waals surface area contributed by atoms with Crippen molar-refractivity contribution in [2.45, 2.75) is 0 Å². The van der Waals surface area contributed by atoms with Crippen LogP contribution in [0.4, 0.5) is 4.53 Å². The highest BCUT2D eigenvalue weighted by Crippen LogP contribution is 1.91. The number of rotatable bonds is 3. The minimum atomic E-state index is -4.61. The fraction of sp³-hybridized carbons (Fsp3) is 0. The van der Waals surface area contributed by atoms with Crippen molar-refractivity contribution in [2.24, 2.45) is 0 Å². The molecular weight excluding hydrogens is 179 g/mol. The molecule has 6 nitrogen and oxygen atoms in total. The Bertz CT molecular complexity index is 306. The highest BCUT2D eigenvalue weighted by molar-refractivity contribution is 7.81. The van der Waals surface area contributed by atoms with Crippen molar-refractivity contribution in [2.75, 3.05) is 0 Å². The lowest BCUT2D eigenvalue weighted by Gasteiger charge is -1.97. The van der Waals surface area contributed by atoms with Crippen molar-refractivity contribution in [3.8, 4) is 0 Å². The third kappa shape index (κ3) is 2.16. The summed E-state index contributed by atoms with van der Waals surface area (Å²) in [7, 11) is -4.61. The zero-order chi connectivity index (χ0) is 8.32. The second-order valence-corrected chi connectivity index (χ2v) is 2.55. The van der Waals surface area contributed by atoms with Gasteiger partial charge in [0.25, 0.3) is 0 Å².